The molecule has 0 saturated carbocycles. The Balaban J connectivity index is 1.97. The predicted molar refractivity (Wildman–Crippen MR) is 100 cm³/mol. The molecule has 26 heavy (non-hydrogen) atoms. The van der Waals surface area contributed by atoms with Crippen molar-refractivity contribution in [3.8, 4) is 0 Å². The summed E-state index contributed by atoms with van der Waals surface area (Å²) in [5, 5.41) is 0. The van der Waals surface area contributed by atoms with Gasteiger partial charge in [-0.2, -0.15) is 13.1 Å². The minimum absolute atomic E-state index is 0.103. The number of rotatable bonds is 5. The van der Waals surface area contributed by atoms with Gasteiger partial charge in [0.15, 0.2) is 9.84 Å². The van der Waals surface area contributed by atoms with Crippen molar-refractivity contribution in [3.63, 3.8) is 0 Å². The van der Waals surface area contributed by atoms with E-state index in [1.54, 1.807) is 31.2 Å². The van der Waals surface area contributed by atoms with Gasteiger partial charge >= 0.3 is 0 Å². The van der Waals surface area contributed by atoms with Gasteiger partial charge in [0.05, 0.1) is 16.6 Å². The summed E-state index contributed by atoms with van der Waals surface area (Å²) < 4.78 is 58.7. The molecular formula is C16H17N3O4S3. The van der Waals surface area contributed by atoms with Crippen LogP contribution in [0.15, 0.2) is 52.3 Å². The van der Waals surface area contributed by atoms with Crippen molar-refractivity contribution in [2.24, 2.45) is 0 Å². The van der Waals surface area contributed by atoms with Crippen LogP contribution >= 0.6 is 11.7 Å². The van der Waals surface area contributed by atoms with Gasteiger partial charge in [-0.1, -0.05) is 18.2 Å². The van der Waals surface area contributed by atoms with Crippen molar-refractivity contribution in [2.45, 2.75) is 22.8 Å². The van der Waals surface area contributed by atoms with Gasteiger partial charge in [0.25, 0.3) is 0 Å². The molecule has 0 aliphatic carbocycles. The monoisotopic (exact) mass is 411 g/mol. The van der Waals surface area contributed by atoms with E-state index >= 15 is 0 Å². The second-order valence-electron chi connectivity index (χ2n) is 5.93. The smallest absolute Gasteiger partial charge is 0.224 e. The van der Waals surface area contributed by atoms with Crippen LogP contribution in [0.2, 0.25) is 0 Å². The Hall–Kier alpha value is -1.88. The van der Waals surface area contributed by atoms with E-state index in [1.165, 1.54) is 29.6 Å². The van der Waals surface area contributed by atoms with Crippen molar-refractivity contribution in [3.05, 3.63) is 48.0 Å². The topological polar surface area (TPSA) is 97.3 Å². The van der Waals surface area contributed by atoms with Crippen LogP contribution in [0.4, 0.5) is 0 Å². The number of aromatic nitrogens is 2. The molecule has 0 aliphatic rings. The van der Waals surface area contributed by atoms with Gasteiger partial charge in [-0.3, -0.25) is 0 Å². The molecule has 0 radical (unpaired) electrons. The second-order valence-corrected chi connectivity index (χ2v) is 10.4. The second kappa shape index (κ2) is 6.69. The number of hydrogen-bond donors (Lipinski definition) is 0. The summed E-state index contributed by atoms with van der Waals surface area (Å²) in [7, 11) is -5.61. The lowest BCUT2D eigenvalue weighted by atomic mass is 10.1. The first kappa shape index (κ1) is 18.9. The SMILES string of the molecule is C[C@H](c1ccc(S(C)(=O)=O)cc1)N(C)S(=O)(=O)c1cccc2nsnc12. The first-order valence-electron chi connectivity index (χ1n) is 7.61. The fraction of sp³-hybridized carbons (Fsp3) is 0.250. The molecule has 1 aromatic heterocycles. The standard InChI is InChI=1S/C16H17N3O4S3/c1-11(12-7-9-13(10-8-12)25(3,20)21)19(2)26(22,23)15-6-4-5-14-16(15)18-24-17-14/h4-11H,1-3H3/t11-/m1/s1. The van der Waals surface area contributed by atoms with Crippen LogP contribution in [0.3, 0.4) is 0 Å². The molecule has 0 fully saturated rings. The van der Waals surface area contributed by atoms with E-state index < -0.39 is 25.9 Å². The third-order valence-electron chi connectivity index (χ3n) is 4.24. The van der Waals surface area contributed by atoms with Crippen molar-refractivity contribution < 1.29 is 16.8 Å². The fourth-order valence-electron chi connectivity index (χ4n) is 2.56. The Bertz CT molecular complexity index is 1150. The highest BCUT2D eigenvalue weighted by Gasteiger charge is 2.29. The highest BCUT2D eigenvalue weighted by atomic mass is 32.2. The Kier molecular flexibility index (Phi) is 4.86. The van der Waals surface area contributed by atoms with Crippen LogP contribution in [0.25, 0.3) is 11.0 Å². The first-order valence-corrected chi connectivity index (χ1v) is 11.7. The number of fused-ring (bicyclic) bond motifs is 1. The van der Waals surface area contributed by atoms with E-state index in [1.807, 2.05) is 0 Å². The minimum Gasteiger partial charge on any atom is -0.224 e. The lowest BCUT2D eigenvalue weighted by molar-refractivity contribution is 0.398. The maximum atomic E-state index is 13.1. The van der Waals surface area contributed by atoms with Crippen molar-refractivity contribution in [1.82, 2.24) is 13.1 Å². The maximum absolute atomic E-state index is 13.1. The van der Waals surface area contributed by atoms with Crippen molar-refractivity contribution >= 4 is 42.6 Å². The molecule has 0 amide bonds. The average molecular weight is 412 g/mol. The maximum Gasteiger partial charge on any atom is 0.245 e. The van der Waals surface area contributed by atoms with Crippen molar-refractivity contribution in [1.29, 1.82) is 0 Å². The van der Waals surface area contributed by atoms with Crippen LogP contribution in [-0.4, -0.2) is 43.2 Å². The lowest BCUT2D eigenvalue weighted by Crippen LogP contribution is -2.30. The Morgan fingerprint density at radius 2 is 1.65 bits per heavy atom. The highest BCUT2D eigenvalue weighted by molar-refractivity contribution is 7.90. The molecule has 0 bridgehead atoms. The van der Waals surface area contributed by atoms with Gasteiger partial charge in [0.2, 0.25) is 10.0 Å². The zero-order valence-corrected chi connectivity index (χ0v) is 16.8. The van der Waals surface area contributed by atoms with Crippen LogP contribution in [-0.2, 0) is 19.9 Å². The number of sulfonamides is 1. The van der Waals surface area contributed by atoms with E-state index in [2.05, 4.69) is 8.75 Å². The van der Waals surface area contributed by atoms with Gasteiger partial charge < -0.3 is 0 Å². The first-order chi connectivity index (χ1) is 12.1. The molecule has 0 N–H and O–H groups in total. The average Bonchev–Trinajstić information content (AvgIpc) is 3.08. The molecule has 0 aliphatic heterocycles. The van der Waals surface area contributed by atoms with Crippen LogP contribution in [0.1, 0.15) is 18.5 Å². The summed E-state index contributed by atoms with van der Waals surface area (Å²) >= 11 is 0.964. The molecule has 7 nitrogen and oxygen atoms in total. The quantitative estimate of drug-likeness (QED) is 0.640. The third kappa shape index (κ3) is 3.37. The van der Waals surface area contributed by atoms with Gasteiger partial charge in [0, 0.05) is 19.3 Å². The molecule has 2 aromatic carbocycles. The Morgan fingerprint density at radius 3 is 2.27 bits per heavy atom. The van der Waals surface area contributed by atoms with E-state index in [4.69, 9.17) is 0 Å². The normalized spacial score (nSPS) is 14.0. The molecule has 0 spiro atoms. The molecule has 0 unspecified atom stereocenters. The Morgan fingerprint density at radius 1 is 1.00 bits per heavy atom. The summed E-state index contributed by atoms with van der Waals surface area (Å²) in [6, 6.07) is 10.6. The lowest BCUT2D eigenvalue weighted by Gasteiger charge is -2.25. The van der Waals surface area contributed by atoms with E-state index in [-0.39, 0.29) is 9.79 Å². The van der Waals surface area contributed by atoms with Crippen LogP contribution in [0, 0.1) is 0 Å². The third-order valence-corrected chi connectivity index (χ3v) is 7.87. The van der Waals surface area contributed by atoms with Gasteiger partial charge in [-0.05, 0) is 36.8 Å². The molecule has 138 valence electrons. The summed E-state index contributed by atoms with van der Waals surface area (Å²) in [5.74, 6) is 0. The molecule has 1 atom stereocenters. The van der Waals surface area contributed by atoms with Gasteiger partial charge in [-0.25, -0.2) is 16.8 Å². The Labute approximate surface area is 156 Å². The van der Waals surface area contributed by atoms with Crippen molar-refractivity contribution in [2.75, 3.05) is 13.3 Å². The summed E-state index contributed by atoms with van der Waals surface area (Å²) in [5.41, 5.74) is 1.57. The number of benzene rings is 2. The molecule has 10 heteroatoms. The van der Waals surface area contributed by atoms with Crippen LogP contribution in [0.5, 0.6) is 0 Å². The minimum atomic E-state index is -3.80. The zero-order valence-electron chi connectivity index (χ0n) is 14.3. The molecule has 3 rings (SSSR count). The van der Waals surface area contributed by atoms with Crippen LogP contribution < -0.4 is 0 Å². The zero-order chi connectivity index (χ0) is 19.1. The van der Waals surface area contributed by atoms with E-state index in [0.717, 1.165) is 18.0 Å². The largest absolute Gasteiger partial charge is 0.245 e. The number of nitrogens with zero attached hydrogens (tertiary/aromatic N) is 3. The predicted octanol–water partition coefficient (Wildman–Crippen LogP) is 2.48. The molecule has 1 heterocycles. The molecule has 0 saturated heterocycles. The van der Waals surface area contributed by atoms with Gasteiger partial charge in [0.1, 0.15) is 15.9 Å². The summed E-state index contributed by atoms with van der Waals surface area (Å²) in [6.45, 7) is 1.74. The number of hydrogen-bond acceptors (Lipinski definition) is 7. The summed E-state index contributed by atoms with van der Waals surface area (Å²) in [6.07, 6.45) is 1.13. The highest BCUT2D eigenvalue weighted by Crippen LogP contribution is 2.29. The summed E-state index contributed by atoms with van der Waals surface area (Å²) in [4.78, 5) is 0.295. The van der Waals surface area contributed by atoms with E-state index in [9.17, 15) is 16.8 Å². The molecular weight excluding hydrogens is 394 g/mol. The molecule has 3 aromatic rings. The number of sulfone groups is 1. The van der Waals surface area contributed by atoms with Gasteiger partial charge in [-0.15, -0.1) is 0 Å². The van der Waals surface area contributed by atoms with E-state index in [0.29, 0.717) is 16.6 Å². The fourth-order valence-corrected chi connectivity index (χ4v) is 5.29.